The lowest BCUT2D eigenvalue weighted by Gasteiger charge is -2.22. The van der Waals surface area contributed by atoms with E-state index in [1.807, 2.05) is 0 Å². The molecule has 0 fully saturated rings. The number of benzene rings is 1. The lowest BCUT2D eigenvalue weighted by Crippen LogP contribution is -2.38. The van der Waals surface area contributed by atoms with Gasteiger partial charge in [0.25, 0.3) is 11.8 Å². The predicted octanol–water partition coefficient (Wildman–Crippen LogP) is 1.03. The van der Waals surface area contributed by atoms with Crippen LogP contribution >= 0.6 is 12.6 Å². The lowest BCUT2D eigenvalue weighted by atomic mass is 10.1. The normalized spacial score (nSPS) is 16.2. The van der Waals surface area contributed by atoms with Crippen LogP contribution in [0.15, 0.2) is 41.3 Å². The van der Waals surface area contributed by atoms with Gasteiger partial charge in [0.15, 0.2) is 6.04 Å². The zero-order chi connectivity index (χ0) is 13.3. The molecule has 92 valence electrons. The molecule has 0 spiro atoms. The molecule has 18 heavy (non-hydrogen) atoms. The summed E-state index contributed by atoms with van der Waals surface area (Å²) in [6.07, 6.45) is 2.12. The van der Waals surface area contributed by atoms with Gasteiger partial charge in [0.1, 0.15) is 0 Å². The Hall–Kier alpha value is -2.08. The van der Waals surface area contributed by atoms with E-state index < -0.39 is 23.8 Å². The van der Waals surface area contributed by atoms with E-state index in [-0.39, 0.29) is 0 Å². The van der Waals surface area contributed by atoms with E-state index in [1.165, 1.54) is 12.1 Å². The summed E-state index contributed by atoms with van der Waals surface area (Å²) in [6, 6.07) is 4.95. The predicted molar refractivity (Wildman–Crippen MR) is 65.1 cm³/mol. The monoisotopic (exact) mass is 263 g/mol. The number of carboxylic acid groups (broad SMARTS) is 1. The molecule has 1 aromatic rings. The smallest absolute Gasteiger partial charge is 0.331 e. The van der Waals surface area contributed by atoms with E-state index in [1.54, 1.807) is 12.1 Å². The summed E-state index contributed by atoms with van der Waals surface area (Å²) < 4.78 is 0. The highest BCUT2D eigenvalue weighted by Gasteiger charge is 2.36. The van der Waals surface area contributed by atoms with Gasteiger partial charge >= 0.3 is 5.97 Å². The molecule has 2 amide bonds. The molecule has 5 nitrogen and oxygen atoms in total. The second kappa shape index (κ2) is 4.66. The Balaban J connectivity index is 2.41. The fraction of sp³-hybridized carbons (Fsp3) is 0.0833. The highest BCUT2D eigenvalue weighted by atomic mass is 32.1. The Morgan fingerprint density at radius 2 is 1.61 bits per heavy atom. The fourth-order valence-corrected chi connectivity index (χ4v) is 1.87. The standard InChI is InChI=1S/C12H9NO4S/c14-9-5-6-10(15)13(9)11(12(16)17)7-1-3-8(18)4-2-7/h1-6,11,18H,(H,16,17). The zero-order valence-electron chi connectivity index (χ0n) is 9.11. The van der Waals surface area contributed by atoms with Crippen molar-refractivity contribution < 1.29 is 19.5 Å². The third-order valence-corrected chi connectivity index (χ3v) is 2.84. The molecule has 2 rings (SSSR count). The molecule has 6 heteroatoms. The van der Waals surface area contributed by atoms with Gasteiger partial charge in [-0.2, -0.15) is 0 Å². The molecular weight excluding hydrogens is 254 g/mol. The van der Waals surface area contributed by atoms with Crippen molar-refractivity contribution in [2.45, 2.75) is 10.9 Å². The van der Waals surface area contributed by atoms with Crippen molar-refractivity contribution in [3.8, 4) is 0 Å². The van der Waals surface area contributed by atoms with Gasteiger partial charge in [-0.1, -0.05) is 12.1 Å². The van der Waals surface area contributed by atoms with Gasteiger partial charge in [-0.05, 0) is 17.7 Å². The number of carbonyl (C=O) groups is 3. The molecule has 0 saturated carbocycles. The zero-order valence-corrected chi connectivity index (χ0v) is 10.0. The number of hydrogen-bond acceptors (Lipinski definition) is 4. The number of imide groups is 1. The SMILES string of the molecule is O=C(O)C(c1ccc(S)cc1)N1C(=O)C=CC1=O. The number of nitrogens with zero attached hydrogens (tertiary/aromatic N) is 1. The third kappa shape index (κ3) is 2.14. The molecule has 0 aromatic heterocycles. The first-order valence-corrected chi connectivity index (χ1v) is 5.52. The van der Waals surface area contributed by atoms with Crippen LogP contribution < -0.4 is 0 Å². The Morgan fingerprint density at radius 3 is 2.06 bits per heavy atom. The molecule has 1 heterocycles. The first-order chi connectivity index (χ1) is 8.50. The Morgan fingerprint density at radius 1 is 1.11 bits per heavy atom. The van der Waals surface area contributed by atoms with E-state index in [2.05, 4.69) is 12.6 Å². The summed E-state index contributed by atoms with van der Waals surface area (Å²) in [6.45, 7) is 0. The quantitative estimate of drug-likeness (QED) is 0.631. The van der Waals surface area contributed by atoms with Crippen LogP contribution in [0.2, 0.25) is 0 Å². The molecule has 1 unspecified atom stereocenters. The summed E-state index contributed by atoms with van der Waals surface area (Å²) in [5, 5.41) is 9.20. The van der Waals surface area contributed by atoms with Gasteiger partial charge in [-0.15, -0.1) is 12.6 Å². The van der Waals surface area contributed by atoms with Crippen LogP contribution in [-0.4, -0.2) is 27.8 Å². The van der Waals surface area contributed by atoms with E-state index >= 15 is 0 Å². The van der Waals surface area contributed by atoms with Crippen LogP contribution in [0.5, 0.6) is 0 Å². The number of amides is 2. The molecule has 1 aliphatic rings. The van der Waals surface area contributed by atoms with Gasteiger partial charge in [0.05, 0.1) is 0 Å². The second-order valence-corrected chi connectivity index (χ2v) is 4.23. The summed E-state index contributed by atoms with van der Waals surface area (Å²) >= 11 is 4.09. The van der Waals surface area contributed by atoms with Gasteiger partial charge in [-0.3, -0.25) is 14.5 Å². The van der Waals surface area contributed by atoms with Gasteiger partial charge in [0.2, 0.25) is 0 Å². The Kier molecular flexibility index (Phi) is 3.20. The molecule has 1 aromatic carbocycles. The van der Waals surface area contributed by atoms with Crippen molar-refractivity contribution in [1.29, 1.82) is 0 Å². The third-order valence-electron chi connectivity index (χ3n) is 2.54. The average Bonchev–Trinajstić information content (AvgIpc) is 2.63. The largest absolute Gasteiger partial charge is 0.479 e. The minimum atomic E-state index is -1.31. The van der Waals surface area contributed by atoms with Crippen LogP contribution in [0.1, 0.15) is 11.6 Å². The summed E-state index contributed by atoms with van der Waals surface area (Å²) in [5.74, 6) is -2.50. The minimum absolute atomic E-state index is 0.353. The van der Waals surface area contributed by atoms with Crippen LogP contribution in [0.4, 0.5) is 0 Å². The van der Waals surface area contributed by atoms with Crippen LogP contribution in [0.3, 0.4) is 0 Å². The minimum Gasteiger partial charge on any atom is -0.479 e. The van der Waals surface area contributed by atoms with Gasteiger partial charge in [0, 0.05) is 17.0 Å². The lowest BCUT2D eigenvalue weighted by molar-refractivity contribution is -0.153. The van der Waals surface area contributed by atoms with Gasteiger partial charge < -0.3 is 5.11 Å². The number of carbonyl (C=O) groups excluding carboxylic acids is 2. The van der Waals surface area contributed by atoms with Crippen molar-refractivity contribution in [3.63, 3.8) is 0 Å². The number of carboxylic acids is 1. The molecule has 0 aliphatic carbocycles. The highest BCUT2D eigenvalue weighted by Crippen LogP contribution is 2.25. The number of hydrogen-bond donors (Lipinski definition) is 2. The Bertz CT molecular complexity index is 532. The van der Waals surface area contributed by atoms with Crippen molar-refractivity contribution in [2.24, 2.45) is 0 Å². The van der Waals surface area contributed by atoms with Gasteiger partial charge in [-0.25, -0.2) is 4.79 Å². The molecule has 0 saturated heterocycles. The maximum atomic E-state index is 11.5. The molecule has 1 N–H and O–H groups in total. The average molecular weight is 263 g/mol. The van der Waals surface area contributed by atoms with E-state index in [0.717, 1.165) is 17.1 Å². The van der Waals surface area contributed by atoms with Crippen molar-refractivity contribution in [3.05, 3.63) is 42.0 Å². The molecular formula is C12H9NO4S. The first kappa shape index (κ1) is 12.4. The number of aliphatic carboxylic acids is 1. The maximum absolute atomic E-state index is 11.5. The summed E-state index contributed by atoms with van der Waals surface area (Å²) in [5.41, 5.74) is 0.353. The topological polar surface area (TPSA) is 74.7 Å². The van der Waals surface area contributed by atoms with Crippen LogP contribution in [0.25, 0.3) is 0 Å². The fourth-order valence-electron chi connectivity index (χ4n) is 1.72. The highest BCUT2D eigenvalue weighted by molar-refractivity contribution is 7.80. The summed E-state index contributed by atoms with van der Waals surface area (Å²) in [7, 11) is 0. The van der Waals surface area contributed by atoms with Crippen molar-refractivity contribution in [1.82, 2.24) is 4.90 Å². The van der Waals surface area contributed by atoms with E-state index in [9.17, 15) is 19.5 Å². The maximum Gasteiger partial charge on any atom is 0.331 e. The van der Waals surface area contributed by atoms with Crippen molar-refractivity contribution >= 4 is 30.4 Å². The van der Waals surface area contributed by atoms with Crippen molar-refractivity contribution in [2.75, 3.05) is 0 Å². The molecule has 1 aliphatic heterocycles. The van der Waals surface area contributed by atoms with E-state index in [0.29, 0.717) is 10.5 Å². The van der Waals surface area contributed by atoms with Crippen LogP contribution in [-0.2, 0) is 14.4 Å². The van der Waals surface area contributed by atoms with E-state index in [4.69, 9.17) is 0 Å². The second-order valence-electron chi connectivity index (χ2n) is 3.71. The molecule has 1 atom stereocenters. The number of rotatable bonds is 3. The molecule has 0 radical (unpaired) electrons. The Labute approximate surface area is 108 Å². The number of thiol groups is 1. The summed E-state index contributed by atoms with van der Waals surface area (Å²) in [4.78, 5) is 35.7. The van der Waals surface area contributed by atoms with Crippen LogP contribution in [0, 0.1) is 0 Å². The first-order valence-electron chi connectivity index (χ1n) is 5.07. The molecule has 0 bridgehead atoms.